The van der Waals surface area contributed by atoms with Gasteiger partial charge in [-0.25, -0.2) is 9.90 Å². The van der Waals surface area contributed by atoms with Crippen LogP contribution in [0.4, 0.5) is 0 Å². The highest BCUT2D eigenvalue weighted by Crippen LogP contribution is 2.48. The van der Waals surface area contributed by atoms with Crippen molar-refractivity contribution < 1.29 is 34.5 Å². The second-order valence-corrected chi connectivity index (χ2v) is 6.24. The van der Waals surface area contributed by atoms with E-state index in [2.05, 4.69) is 0 Å². The first-order chi connectivity index (χ1) is 12.7. The zero-order valence-corrected chi connectivity index (χ0v) is 14.7. The summed E-state index contributed by atoms with van der Waals surface area (Å²) in [5.41, 5.74) is 0.946. The molecule has 8 heteroatoms. The highest BCUT2D eigenvalue weighted by atomic mass is 16.8. The number of Topliss-reactive ketones (excluding diaryl/α,β-unsaturated/α-hetero) is 1. The predicted molar refractivity (Wildman–Crippen MR) is 92.2 cm³/mol. The Morgan fingerprint density at radius 3 is 2.48 bits per heavy atom. The third kappa shape index (κ3) is 3.37. The minimum absolute atomic E-state index is 0.0196. The van der Waals surface area contributed by atoms with E-state index in [1.165, 1.54) is 37.4 Å². The number of hydrogen-bond acceptors (Lipinski definition) is 7. The minimum atomic E-state index is -2.30. The maximum atomic E-state index is 11.9. The number of ether oxygens (including phenoxy) is 1. The van der Waals surface area contributed by atoms with Gasteiger partial charge in [-0.05, 0) is 29.3 Å². The summed E-state index contributed by atoms with van der Waals surface area (Å²) >= 11 is 0. The van der Waals surface area contributed by atoms with Gasteiger partial charge in [-0.1, -0.05) is 24.3 Å². The zero-order chi connectivity index (χ0) is 19.8. The fraction of sp³-hybridized carbons (Fsp3) is 0.263. The summed E-state index contributed by atoms with van der Waals surface area (Å²) < 4.78 is 5.75. The highest BCUT2D eigenvalue weighted by Gasteiger charge is 2.50. The Kier molecular flexibility index (Phi) is 4.88. The van der Waals surface area contributed by atoms with E-state index in [1.54, 1.807) is 12.1 Å². The molecule has 142 valence electrons. The van der Waals surface area contributed by atoms with E-state index >= 15 is 0 Å². The number of aromatic hydroxyl groups is 2. The summed E-state index contributed by atoms with van der Waals surface area (Å²) in [5, 5.41) is 31.9. The number of nitrogens with zero attached hydrogens (tertiary/aromatic N) is 1. The van der Waals surface area contributed by atoms with Gasteiger partial charge in [0.1, 0.15) is 17.6 Å². The van der Waals surface area contributed by atoms with Crippen molar-refractivity contribution in [2.75, 3.05) is 7.05 Å². The summed E-state index contributed by atoms with van der Waals surface area (Å²) in [6.45, 7) is 1.15. The molecular formula is C19H19NO7. The molecule has 3 N–H and O–H groups in total. The maximum Gasteiger partial charge on any atom is 0.313 e. The Morgan fingerprint density at radius 1 is 1.19 bits per heavy atom. The van der Waals surface area contributed by atoms with E-state index in [0.29, 0.717) is 16.2 Å². The Hall–Kier alpha value is -2.94. The van der Waals surface area contributed by atoms with Crippen molar-refractivity contribution in [3.05, 3.63) is 59.2 Å². The molecule has 0 aromatic heterocycles. The number of hydroxylamine groups is 2. The Bertz CT molecular complexity index is 880. The Labute approximate surface area is 155 Å². The number of likely N-dealkylation sites (N-methyl/N-ethyl adjacent to an activating group) is 1. The summed E-state index contributed by atoms with van der Waals surface area (Å²) in [6.07, 6.45) is -1.14. The van der Waals surface area contributed by atoms with E-state index in [1.807, 2.05) is 0 Å². The van der Waals surface area contributed by atoms with Crippen LogP contribution in [0.2, 0.25) is 0 Å². The second kappa shape index (κ2) is 6.99. The summed E-state index contributed by atoms with van der Waals surface area (Å²) in [7, 11) is 1.18. The van der Waals surface area contributed by atoms with Crippen LogP contribution in [-0.2, 0) is 31.6 Å². The molecule has 0 spiro atoms. The van der Waals surface area contributed by atoms with Crippen molar-refractivity contribution in [2.45, 2.75) is 25.4 Å². The van der Waals surface area contributed by atoms with Gasteiger partial charge in [0.05, 0.1) is 12.2 Å². The lowest BCUT2D eigenvalue weighted by molar-refractivity contribution is -0.364. The number of fused-ring (bicyclic) bond motifs is 1. The number of rotatable bonds is 4. The molecule has 1 amide bonds. The van der Waals surface area contributed by atoms with Gasteiger partial charge in [0.15, 0.2) is 0 Å². The van der Waals surface area contributed by atoms with Gasteiger partial charge in [-0.3, -0.25) is 9.59 Å². The highest BCUT2D eigenvalue weighted by molar-refractivity contribution is 6.34. The molecule has 1 aliphatic heterocycles. The van der Waals surface area contributed by atoms with E-state index in [9.17, 15) is 24.9 Å². The number of ketones is 1. The van der Waals surface area contributed by atoms with Crippen LogP contribution in [0.15, 0.2) is 42.5 Å². The largest absolute Gasteiger partial charge is 0.508 e. The molecule has 0 radical (unpaired) electrons. The number of benzene rings is 2. The molecule has 1 heterocycles. The fourth-order valence-electron chi connectivity index (χ4n) is 3.07. The van der Waals surface area contributed by atoms with Crippen LogP contribution in [0.25, 0.3) is 0 Å². The normalized spacial score (nSPS) is 21.4. The van der Waals surface area contributed by atoms with Gasteiger partial charge in [0, 0.05) is 14.0 Å². The van der Waals surface area contributed by atoms with Crippen molar-refractivity contribution in [1.82, 2.24) is 5.06 Å². The monoisotopic (exact) mass is 373 g/mol. The van der Waals surface area contributed by atoms with Crippen molar-refractivity contribution in [2.24, 2.45) is 0 Å². The van der Waals surface area contributed by atoms with Crippen LogP contribution < -0.4 is 0 Å². The molecular weight excluding hydrogens is 354 g/mol. The lowest BCUT2D eigenvalue weighted by Crippen LogP contribution is -2.48. The number of phenols is 2. The molecule has 0 bridgehead atoms. The average molecular weight is 373 g/mol. The minimum Gasteiger partial charge on any atom is -0.508 e. The van der Waals surface area contributed by atoms with Crippen molar-refractivity contribution in [3.8, 4) is 11.5 Å². The lowest BCUT2D eigenvalue weighted by atomic mass is 9.88. The molecule has 2 aromatic rings. The number of carbonyl (C=O) groups is 2. The first-order valence-electron chi connectivity index (χ1n) is 8.16. The first kappa shape index (κ1) is 18.8. The molecule has 0 saturated carbocycles. The van der Waals surface area contributed by atoms with Crippen molar-refractivity contribution in [1.29, 1.82) is 0 Å². The molecule has 1 aliphatic rings. The average Bonchev–Trinajstić information content (AvgIpc) is 2.62. The summed E-state index contributed by atoms with van der Waals surface area (Å²) in [6, 6.07) is 10.5. The van der Waals surface area contributed by atoms with Crippen LogP contribution in [0.1, 0.15) is 29.7 Å². The molecule has 2 atom stereocenters. The second-order valence-electron chi connectivity index (χ2n) is 6.24. The van der Waals surface area contributed by atoms with Gasteiger partial charge in [-0.15, -0.1) is 0 Å². The van der Waals surface area contributed by atoms with Gasteiger partial charge in [0.2, 0.25) is 5.78 Å². The maximum absolute atomic E-state index is 11.9. The van der Waals surface area contributed by atoms with Crippen LogP contribution in [0, 0.1) is 0 Å². The predicted octanol–water partition coefficient (Wildman–Crippen LogP) is 1.49. The van der Waals surface area contributed by atoms with E-state index in [4.69, 9.17) is 9.57 Å². The van der Waals surface area contributed by atoms with Crippen molar-refractivity contribution in [3.63, 3.8) is 0 Å². The fourth-order valence-corrected chi connectivity index (χ4v) is 3.07. The summed E-state index contributed by atoms with van der Waals surface area (Å²) in [5.74, 6) is -4.28. The molecule has 0 aliphatic carbocycles. The van der Waals surface area contributed by atoms with Gasteiger partial charge in [0.25, 0.3) is 5.79 Å². The third-order valence-electron chi connectivity index (χ3n) is 4.31. The molecule has 27 heavy (non-hydrogen) atoms. The number of phenolic OH excluding ortho intramolecular Hbond substituents is 2. The van der Waals surface area contributed by atoms with Gasteiger partial charge >= 0.3 is 5.91 Å². The SMILES string of the molecule is CC(=O)C(=O)N(C)OC1(O)c2c(O)cccc2COC1c1ccc(O)cc1. The number of aliphatic hydroxyl groups is 1. The van der Waals surface area contributed by atoms with Crippen LogP contribution in [0.3, 0.4) is 0 Å². The zero-order valence-electron chi connectivity index (χ0n) is 14.7. The topological polar surface area (TPSA) is 117 Å². The molecule has 0 saturated heterocycles. The molecule has 3 rings (SSSR count). The number of carbonyl (C=O) groups excluding carboxylic acids is 2. The molecule has 0 fully saturated rings. The Balaban J connectivity index is 2.11. The number of amides is 1. The molecule has 8 nitrogen and oxygen atoms in total. The van der Waals surface area contributed by atoms with Crippen LogP contribution >= 0.6 is 0 Å². The van der Waals surface area contributed by atoms with Crippen LogP contribution in [0.5, 0.6) is 11.5 Å². The smallest absolute Gasteiger partial charge is 0.313 e. The van der Waals surface area contributed by atoms with E-state index in [-0.39, 0.29) is 23.7 Å². The van der Waals surface area contributed by atoms with Crippen LogP contribution in [-0.4, -0.2) is 39.1 Å². The number of hydrogen-bond donors (Lipinski definition) is 3. The third-order valence-corrected chi connectivity index (χ3v) is 4.31. The summed E-state index contributed by atoms with van der Waals surface area (Å²) in [4.78, 5) is 28.8. The van der Waals surface area contributed by atoms with Gasteiger partial charge < -0.3 is 20.1 Å². The molecule has 2 aromatic carbocycles. The Morgan fingerprint density at radius 2 is 1.85 bits per heavy atom. The lowest BCUT2D eigenvalue weighted by Gasteiger charge is -2.42. The van der Waals surface area contributed by atoms with Crippen molar-refractivity contribution >= 4 is 11.7 Å². The van der Waals surface area contributed by atoms with Gasteiger partial charge in [-0.2, -0.15) is 0 Å². The standard InChI is InChI=1S/C19H19NO7/c1-11(21)18(24)20(2)27-19(25)16-13(4-3-5-15(16)23)10-26-17(19)12-6-8-14(22)9-7-12/h3-9,17,22-23,25H,10H2,1-2H3. The quantitative estimate of drug-likeness (QED) is 0.422. The first-order valence-corrected chi connectivity index (χ1v) is 8.16. The van der Waals surface area contributed by atoms with E-state index < -0.39 is 23.6 Å². The molecule has 2 unspecified atom stereocenters. The van der Waals surface area contributed by atoms with E-state index in [0.717, 1.165) is 6.92 Å².